The molecule has 0 saturated carbocycles. The van der Waals surface area contributed by atoms with Gasteiger partial charge in [0, 0.05) is 27.6 Å². The van der Waals surface area contributed by atoms with E-state index in [1.54, 1.807) is 4.90 Å². The third-order valence-corrected chi connectivity index (χ3v) is 5.18. The Bertz CT molecular complexity index is 790. The van der Waals surface area contributed by atoms with E-state index in [-0.39, 0.29) is 24.2 Å². The zero-order valence-electron chi connectivity index (χ0n) is 13.1. The van der Waals surface area contributed by atoms with Gasteiger partial charge in [0.05, 0.1) is 11.6 Å². The molecular formula is C18H16Br2N2O2. The second-order valence-corrected chi connectivity index (χ2v) is 7.62. The summed E-state index contributed by atoms with van der Waals surface area (Å²) in [4.78, 5) is 26.5. The van der Waals surface area contributed by atoms with Crippen molar-refractivity contribution >= 4 is 55.0 Å². The molecule has 1 saturated heterocycles. The van der Waals surface area contributed by atoms with Crippen LogP contribution in [0.15, 0.2) is 51.4 Å². The van der Waals surface area contributed by atoms with Crippen LogP contribution in [-0.4, -0.2) is 18.4 Å². The van der Waals surface area contributed by atoms with Gasteiger partial charge in [0.2, 0.25) is 11.8 Å². The number of hydrogen-bond acceptors (Lipinski definition) is 2. The molecule has 2 amide bonds. The predicted octanol–water partition coefficient (Wildman–Crippen LogP) is 4.51. The highest BCUT2D eigenvalue weighted by atomic mass is 79.9. The Kier molecular flexibility index (Phi) is 5.06. The van der Waals surface area contributed by atoms with Crippen molar-refractivity contribution in [2.45, 2.75) is 13.3 Å². The Balaban J connectivity index is 1.70. The molecule has 1 aliphatic heterocycles. The smallest absolute Gasteiger partial charge is 0.229 e. The van der Waals surface area contributed by atoms with Gasteiger partial charge in [0.1, 0.15) is 0 Å². The lowest BCUT2D eigenvalue weighted by molar-refractivity contribution is -0.122. The minimum atomic E-state index is -0.352. The number of hydrogen-bond donors (Lipinski definition) is 1. The van der Waals surface area contributed by atoms with E-state index < -0.39 is 0 Å². The molecule has 24 heavy (non-hydrogen) atoms. The molecule has 0 bridgehead atoms. The van der Waals surface area contributed by atoms with Gasteiger partial charge in [0.15, 0.2) is 0 Å². The van der Waals surface area contributed by atoms with Crippen LogP contribution in [0.4, 0.5) is 11.4 Å². The minimum absolute atomic E-state index is 0.0196. The fourth-order valence-corrected chi connectivity index (χ4v) is 3.83. The summed E-state index contributed by atoms with van der Waals surface area (Å²) < 4.78 is 1.72. The van der Waals surface area contributed by atoms with E-state index in [1.807, 2.05) is 49.4 Å². The summed E-state index contributed by atoms with van der Waals surface area (Å²) in [5.41, 5.74) is 2.68. The van der Waals surface area contributed by atoms with Crippen molar-refractivity contribution < 1.29 is 9.59 Å². The number of nitrogens with one attached hydrogen (secondary N) is 1. The molecule has 1 N–H and O–H groups in total. The first kappa shape index (κ1) is 17.2. The maximum atomic E-state index is 12.5. The molecule has 1 aliphatic rings. The van der Waals surface area contributed by atoms with Gasteiger partial charge in [-0.15, -0.1) is 0 Å². The first-order chi connectivity index (χ1) is 11.4. The van der Waals surface area contributed by atoms with E-state index in [9.17, 15) is 9.59 Å². The predicted molar refractivity (Wildman–Crippen MR) is 102 cm³/mol. The van der Waals surface area contributed by atoms with Gasteiger partial charge in [-0.1, -0.05) is 33.6 Å². The van der Waals surface area contributed by atoms with Gasteiger partial charge in [-0.3, -0.25) is 9.59 Å². The van der Waals surface area contributed by atoms with E-state index in [2.05, 4.69) is 37.2 Å². The summed E-state index contributed by atoms with van der Waals surface area (Å²) in [6.07, 6.45) is 0.230. The second-order valence-electron chi connectivity index (χ2n) is 5.85. The monoisotopic (exact) mass is 450 g/mol. The number of carbonyl (C=O) groups is 2. The molecule has 1 fully saturated rings. The lowest BCUT2D eigenvalue weighted by Gasteiger charge is -2.17. The van der Waals surface area contributed by atoms with Crippen LogP contribution in [0, 0.1) is 12.8 Å². The van der Waals surface area contributed by atoms with Crippen LogP contribution in [0.2, 0.25) is 0 Å². The molecule has 3 rings (SSSR count). The average Bonchev–Trinajstić information content (AvgIpc) is 2.93. The van der Waals surface area contributed by atoms with E-state index >= 15 is 0 Å². The van der Waals surface area contributed by atoms with Crippen molar-refractivity contribution in [3.63, 3.8) is 0 Å². The van der Waals surface area contributed by atoms with Crippen molar-refractivity contribution in [3.8, 4) is 0 Å². The Morgan fingerprint density at radius 2 is 1.88 bits per heavy atom. The molecule has 0 aliphatic carbocycles. The molecule has 0 aromatic heterocycles. The zero-order chi connectivity index (χ0) is 17.3. The number of benzene rings is 2. The van der Waals surface area contributed by atoms with Crippen molar-refractivity contribution in [2.75, 3.05) is 16.8 Å². The maximum absolute atomic E-state index is 12.5. The van der Waals surface area contributed by atoms with Crippen LogP contribution < -0.4 is 10.2 Å². The number of nitrogens with zero attached hydrogens (tertiary/aromatic N) is 1. The molecule has 0 radical (unpaired) electrons. The molecule has 2 aromatic carbocycles. The van der Waals surface area contributed by atoms with Crippen LogP contribution in [0.25, 0.3) is 0 Å². The Hall–Kier alpha value is -1.66. The van der Waals surface area contributed by atoms with Gasteiger partial charge in [-0.2, -0.15) is 0 Å². The summed E-state index contributed by atoms with van der Waals surface area (Å²) >= 11 is 6.81. The third-order valence-electron chi connectivity index (χ3n) is 4.03. The first-order valence-electron chi connectivity index (χ1n) is 7.57. The molecule has 1 heterocycles. The molecule has 1 atom stereocenters. The van der Waals surface area contributed by atoms with Crippen LogP contribution in [0.5, 0.6) is 0 Å². The largest absolute Gasteiger partial charge is 0.325 e. The van der Waals surface area contributed by atoms with E-state index in [0.29, 0.717) is 12.2 Å². The summed E-state index contributed by atoms with van der Waals surface area (Å²) in [7, 11) is 0. The lowest BCUT2D eigenvalue weighted by atomic mass is 10.1. The Morgan fingerprint density at radius 1 is 1.17 bits per heavy atom. The number of amides is 2. The molecule has 2 aromatic rings. The summed E-state index contributed by atoms with van der Waals surface area (Å²) in [6, 6.07) is 13.3. The van der Waals surface area contributed by atoms with Gasteiger partial charge in [0.25, 0.3) is 0 Å². The van der Waals surface area contributed by atoms with Crippen LogP contribution in [0.1, 0.15) is 12.0 Å². The van der Waals surface area contributed by atoms with E-state index in [4.69, 9.17) is 0 Å². The Morgan fingerprint density at radius 3 is 2.54 bits per heavy atom. The molecule has 6 heteroatoms. The number of anilines is 2. The Labute approximate surface area is 157 Å². The fraction of sp³-hybridized carbons (Fsp3) is 0.222. The molecule has 0 spiro atoms. The quantitative estimate of drug-likeness (QED) is 0.746. The fourth-order valence-electron chi connectivity index (χ4n) is 2.68. The van der Waals surface area contributed by atoms with Crippen LogP contribution >= 0.6 is 31.9 Å². The van der Waals surface area contributed by atoms with Crippen molar-refractivity contribution in [3.05, 3.63) is 57.0 Å². The first-order valence-corrected chi connectivity index (χ1v) is 9.15. The second kappa shape index (κ2) is 7.07. The van der Waals surface area contributed by atoms with E-state index in [0.717, 1.165) is 20.2 Å². The van der Waals surface area contributed by atoms with Crippen molar-refractivity contribution in [1.82, 2.24) is 0 Å². The highest BCUT2D eigenvalue weighted by molar-refractivity contribution is 9.11. The zero-order valence-corrected chi connectivity index (χ0v) is 16.2. The summed E-state index contributed by atoms with van der Waals surface area (Å²) in [6.45, 7) is 2.41. The van der Waals surface area contributed by atoms with Crippen molar-refractivity contribution in [1.29, 1.82) is 0 Å². The average molecular weight is 452 g/mol. The SMILES string of the molecule is Cc1ccc(N2C[C@@H](C(=O)Nc3ccc(Br)cc3Br)CC2=O)cc1. The highest BCUT2D eigenvalue weighted by Crippen LogP contribution is 2.29. The maximum Gasteiger partial charge on any atom is 0.229 e. The topological polar surface area (TPSA) is 49.4 Å². The third kappa shape index (κ3) is 3.70. The number of halogens is 2. The number of rotatable bonds is 3. The van der Waals surface area contributed by atoms with Gasteiger partial charge < -0.3 is 10.2 Å². The van der Waals surface area contributed by atoms with Crippen LogP contribution in [-0.2, 0) is 9.59 Å². The van der Waals surface area contributed by atoms with Gasteiger partial charge in [-0.05, 0) is 53.2 Å². The van der Waals surface area contributed by atoms with Gasteiger partial charge >= 0.3 is 0 Å². The molecule has 4 nitrogen and oxygen atoms in total. The van der Waals surface area contributed by atoms with Gasteiger partial charge in [-0.25, -0.2) is 0 Å². The normalized spacial score (nSPS) is 17.2. The lowest BCUT2D eigenvalue weighted by Crippen LogP contribution is -2.28. The summed E-state index contributed by atoms with van der Waals surface area (Å²) in [5, 5.41) is 2.90. The van der Waals surface area contributed by atoms with E-state index in [1.165, 1.54) is 0 Å². The van der Waals surface area contributed by atoms with Crippen molar-refractivity contribution in [2.24, 2.45) is 5.92 Å². The van der Waals surface area contributed by atoms with Crippen LogP contribution in [0.3, 0.4) is 0 Å². The number of carbonyl (C=O) groups excluding carboxylic acids is 2. The molecule has 124 valence electrons. The minimum Gasteiger partial charge on any atom is -0.325 e. The summed E-state index contributed by atoms with van der Waals surface area (Å²) in [5.74, 6) is -0.510. The molecular weight excluding hydrogens is 436 g/mol. The number of aryl methyl sites for hydroxylation is 1. The standard InChI is InChI=1S/C18H16Br2N2O2/c1-11-2-5-14(6-3-11)22-10-12(8-17(22)23)18(24)21-16-7-4-13(19)9-15(16)20/h2-7,9,12H,8,10H2,1H3,(H,21,24)/t12-/m0/s1. The highest BCUT2D eigenvalue weighted by Gasteiger charge is 2.35. The molecule has 0 unspecified atom stereocenters.